The van der Waals surface area contributed by atoms with Gasteiger partial charge in [-0.05, 0) is 18.7 Å². The molecular formula is C22H21NO5. The highest BCUT2D eigenvalue weighted by molar-refractivity contribution is 6.09. The Balaban J connectivity index is 1.55. The van der Waals surface area contributed by atoms with Crippen LogP contribution in [0.5, 0.6) is 0 Å². The van der Waals surface area contributed by atoms with Gasteiger partial charge in [0.2, 0.25) is 0 Å². The maximum Gasteiger partial charge on any atom is 0.311 e. The molecule has 144 valence electrons. The minimum Gasteiger partial charge on any atom is -0.481 e. The first-order valence-electron chi connectivity index (χ1n) is 9.52. The highest BCUT2D eigenvalue weighted by Crippen LogP contribution is 2.43. The molecule has 1 aromatic heterocycles. The Bertz CT molecular complexity index is 1120. The van der Waals surface area contributed by atoms with Crippen LogP contribution in [0.25, 0.3) is 21.7 Å². The normalized spacial score (nSPS) is 24.6. The number of hydrogen-bond donors (Lipinski definition) is 1. The van der Waals surface area contributed by atoms with E-state index in [9.17, 15) is 14.7 Å². The molecule has 0 bridgehead atoms. The van der Waals surface area contributed by atoms with E-state index >= 15 is 0 Å². The molecule has 2 atom stereocenters. The fraction of sp³-hybridized carbons (Fsp3) is 0.364. The van der Waals surface area contributed by atoms with Gasteiger partial charge in [0.15, 0.2) is 5.76 Å². The van der Waals surface area contributed by atoms with Crippen molar-refractivity contribution in [2.45, 2.75) is 13.3 Å². The van der Waals surface area contributed by atoms with E-state index in [0.717, 1.165) is 21.7 Å². The van der Waals surface area contributed by atoms with Crippen LogP contribution in [0.1, 0.15) is 22.5 Å². The van der Waals surface area contributed by atoms with Gasteiger partial charge in [0, 0.05) is 42.0 Å². The number of likely N-dealkylation sites (tertiary alicyclic amines) is 1. The van der Waals surface area contributed by atoms with Gasteiger partial charge in [-0.1, -0.05) is 36.4 Å². The summed E-state index contributed by atoms with van der Waals surface area (Å²) < 4.78 is 11.6. The van der Waals surface area contributed by atoms with E-state index in [0.29, 0.717) is 37.5 Å². The molecule has 2 saturated heterocycles. The summed E-state index contributed by atoms with van der Waals surface area (Å²) in [5.41, 5.74) is 0.577. The first kappa shape index (κ1) is 17.3. The van der Waals surface area contributed by atoms with Crippen LogP contribution in [-0.4, -0.2) is 48.2 Å². The molecular weight excluding hydrogens is 358 g/mol. The first-order valence-corrected chi connectivity index (χ1v) is 9.52. The molecule has 0 spiro atoms. The maximum atomic E-state index is 13.3. The number of nitrogens with zero attached hydrogens (tertiary/aromatic N) is 1. The number of carbonyl (C=O) groups is 2. The van der Waals surface area contributed by atoms with E-state index in [-0.39, 0.29) is 18.4 Å². The Kier molecular flexibility index (Phi) is 3.74. The highest BCUT2D eigenvalue weighted by Gasteiger charge is 2.55. The van der Waals surface area contributed by atoms with Crippen molar-refractivity contribution in [3.05, 3.63) is 47.7 Å². The zero-order chi connectivity index (χ0) is 19.5. The van der Waals surface area contributed by atoms with Crippen LogP contribution < -0.4 is 0 Å². The van der Waals surface area contributed by atoms with Crippen molar-refractivity contribution < 1.29 is 23.8 Å². The number of carbonyl (C=O) groups excluding carboxylic acids is 1. The number of ether oxygens (including phenoxy) is 1. The predicted octanol–water partition coefficient (Wildman–Crippen LogP) is 3.46. The summed E-state index contributed by atoms with van der Waals surface area (Å²) in [5, 5.41) is 12.8. The molecule has 1 amide bonds. The monoisotopic (exact) mass is 379 g/mol. The molecule has 1 N–H and O–H groups in total. The Labute approximate surface area is 161 Å². The summed E-state index contributed by atoms with van der Waals surface area (Å²) in [5.74, 6) is -0.976. The van der Waals surface area contributed by atoms with Crippen LogP contribution in [-0.2, 0) is 9.53 Å². The van der Waals surface area contributed by atoms with E-state index in [4.69, 9.17) is 9.15 Å². The van der Waals surface area contributed by atoms with Gasteiger partial charge in [-0.2, -0.15) is 0 Å². The molecule has 0 aliphatic carbocycles. The Morgan fingerprint density at radius 3 is 2.79 bits per heavy atom. The van der Waals surface area contributed by atoms with Crippen molar-refractivity contribution >= 4 is 33.6 Å². The number of amides is 1. The number of carboxylic acid groups (broad SMARTS) is 1. The Morgan fingerprint density at radius 1 is 1.18 bits per heavy atom. The predicted molar refractivity (Wildman–Crippen MR) is 103 cm³/mol. The number of aliphatic carboxylic acids is 1. The van der Waals surface area contributed by atoms with Gasteiger partial charge in [-0.15, -0.1) is 0 Å². The van der Waals surface area contributed by atoms with Crippen molar-refractivity contribution in [1.29, 1.82) is 0 Å². The third-order valence-corrected chi connectivity index (χ3v) is 6.44. The SMILES string of the molecule is Cc1c(C(=O)N2C[C@H]3COCC[C@@]3(C(=O)O)C2)oc2c1ccc1ccccc12. The van der Waals surface area contributed by atoms with Crippen LogP contribution in [0.15, 0.2) is 40.8 Å². The zero-order valence-electron chi connectivity index (χ0n) is 15.6. The van der Waals surface area contributed by atoms with Gasteiger partial charge in [0.1, 0.15) is 5.58 Å². The van der Waals surface area contributed by atoms with Gasteiger partial charge in [0.05, 0.1) is 12.0 Å². The molecule has 3 heterocycles. The van der Waals surface area contributed by atoms with E-state index < -0.39 is 11.4 Å². The lowest BCUT2D eigenvalue weighted by atomic mass is 9.74. The van der Waals surface area contributed by atoms with Crippen LogP contribution in [0.2, 0.25) is 0 Å². The summed E-state index contributed by atoms with van der Waals surface area (Å²) in [6, 6.07) is 11.9. The van der Waals surface area contributed by atoms with Gasteiger partial charge in [0.25, 0.3) is 5.91 Å². The van der Waals surface area contributed by atoms with Crippen molar-refractivity contribution in [3.8, 4) is 0 Å². The summed E-state index contributed by atoms with van der Waals surface area (Å²) in [4.78, 5) is 26.9. The van der Waals surface area contributed by atoms with Gasteiger partial charge in [-0.25, -0.2) is 0 Å². The molecule has 2 aliphatic heterocycles. The van der Waals surface area contributed by atoms with Crippen molar-refractivity contribution in [2.75, 3.05) is 26.3 Å². The third-order valence-electron chi connectivity index (χ3n) is 6.44. The maximum absolute atomic E-state index is 13.3. The molecule has 3 aromatic rings. The average molecular weight is 379 g/mol. The quantitative estimate of drug-likeness (QED) is 0.738. The number of rotatable bonds is 2. The fourth-order valence-corrected chi connectivity index (χ4v) is 4.75. The largest absolute Gasteiger partial charge is 0.481 e. The van der Waals surface area contributed by atoms with E-state index in [2.05, 4.69) is 0 Å². The van der Waals surface area contributed by atoms with E-state index in [1.165, 1.54) is 0 Å². The van der Waals surface area contributed by atoms with Crippen LogP contribution in [0, 0.1) is 18.3 Å². The second kappa shape index (κ2) is 6.07. The molecule has 2 aromatic carbocycles. The molecule has 6 nitrogen and oxygen atoms in total. The lowest BCUT2D eigenvalue weighted by molar-refractivity contribution is -0.157. The second-order valence-corrected chi connectivity index (χ2v) is 7.89. The van der Waals surface area contributed by atoms with E-state index in [1.807, 2.05) is 43.3 Å². The van der Waals surface area contributed by atoms with Gasteiger partial charge in [-0.3, -0.25) is 9.59 Å². The number of benzene rings is 2. The number of aryl methyl sites for hydroxylation is 1. The minimum absolute atomic E-state index is 0.187. The fourth-order valence-electron chi connectivity index (χ4n) is 4.75. The van der Waals surface area contributed by atoms with Crippen LogP contribution >= 0.6 is 0 Å². The van der Waals surface area contributed by atoms with Crippen LogP contribution in [0.3, 0.4) is 0 Å². The van der Waals surface area contributed by atoms with Gasteiger partial charge < -0.3 is 19.2 Å². The zero-order valence-corrected chi connectivity index (χ0v) is 15.6. The second-order valence-electron chi connectivity index (χ2n) is 7.89. The third kappa shape index (κ3) is 2.31. The topological polar surface area (TPSA) is 80.0 Å². The number of fused-ring (bicyclic) bond motifs is 4. The van der Waals surface area contributed by atoms with Crippen molar-refractivity contribution in [1.82, 2.24) is 4.90 Å². The number of furan rings is 1. The highest BCUT2D eigenvalue weighted by atomic mass is 16.5. The minimum atomic E-state index is -0.916. The average Bonchev–Trinajstić information content (AvgIpc) is 3.27. The molecule has 2 fully saturated rings. The lowest BCUT2D eigenvalue weighted by Gasteiger charge is -2.33. The molecule has 5 rings (SSSR count). The summed E-state index contributed by atoms with van der Waals surface area (Å²) in [6.07, 6.45) is 0.431. The smallest absolute Gasteiger partial charge is 0.311 e. The molecule has 0 saturated carbocycles. The molecule has 6 heteroatoms. The van der Waals surface area contributed by atoms with Gasteiger partial charge >= 0.3 is 5.97 Å². The summed E-state index contributed by atoms with van der Waals surface area (Å²) in [6.45, 7) is 3.25. The number of hydrogen-bond acceptors (Lipinski definition) is 4. The standard InChI is InChI=1S/C22H21NO5/c1-13-16-7-6-14-4-2-3-5-17(14)19(16)28-18(13)20(24)23-10-15-11-27-9-8-22(15,12-23)21(25)26/h2-7,15H,8-12H2,1H3,(H,25,26)/t15-,22+/m0/s1. The first-order chi connectivity index (χ1) is 13.5. The molecule has 0 radical (unpaired) electrons. The van der Waals surface area contributed by atoms with E-state index in [1.54, 1.807) is 4.90 Å². The summed E-state index contributed by atoms with van der Waals surface area (Å²) >= 11 is 0. The van der Waals surface area contributed by atoms with Crippen molar-refractivity contribution in [2.24, 2.45) is 11.3 Å². The van der Waals surface area contributed by atoms with Crippen LogP contribution in [0.4, 0.5) is 0 Å². The number of carboxylic acids is 1. The Hall–Kier alpha value is -2.86. The lowest BCUT2D eigenvalue weighted by Crippen LogP contribution is -2.45. The summed E-state index contributed by atoms with van der Waals surface area (Å²) in [7, 11) is 0. The molecule has 0 unspecified atom stereocenters. The Morgan fingerprint density at radius 2 is 2.00 bits per heavy atom. The van der Waals surface area contributed by atoms with Crippen molar-refractivity contribution in [3.63, 3.8) is 0 Å². The molecule has 2 aliphatic rings. The molecule has 28 heavy (non-hydrogen) atoms.